The van der Waals surface area contributed by atoms with Crippen LogP contribution in [0.25, 0.3) is 0 Å². The molecular formula is C16H26N4. The summed E-state index contributed by atoms with van der Waals surface area (Å²) in [6.07, 6.45) is 10.4. The van der Waals surface area contributed by atoms with Crippen molar-refractivity contribution in [1.29, 1.82) is 0 Å². The molecule has 1 atom stereocenters. The molecule has 110 valence electrons. The molecule has 1 saturated heterocycles. The number of anilines is 1. The molecule has 1 aromatic heterocycles. The number of aromatic nitrogens is 2. The van der Waals surface area contributed by atoms with Gasteiger partial charge < -0.3 is 10.2 Å². The van der Waals surface area contributed by atoms with Crippen LogP contribution in [-0.2, 0) is 12.8 Å². The molecule has 1 fully saturated rings. The molecule has 0 bridgehead atoms. The van der Waals surface area contributed by atoms with Crippen LogP contribution in [0.4, 0.5) is 5.82 Å². The second-order valence-electron chi connectivity index (χ2n) is 6.02. The van der Waals surface area contributed by atoms with Crippen LogP contribution >= 0.6 is 0 Å². The maximum atomic E-state index is 4.67. The molecule has 1 N–H and O–H groups in total. The van der Waals surface area contributed by atoms with Crippen molar-refractivity contribution in [3.63, 3.8) is 0 Å². The smallest absolute Gasteiger partial charge is 0.135 e. The van der Waals surface area contributed by atoms with Gasteiger partial charge in [-0.15, -0.1) is 0 Å². The van der Waals surface area contributed by atoms with Gasteiger partial charge in [0, 0.05) is 30.4 Å². The van der Waals surface area contributed by atoms with Gasteiger partial charge in [-0.2, -0.15) is 0 Å². The first-order valence-electron chi connectivity index (χ1n) is 8.20. The Morgan fingerprint density at radius 3 is 2.95 bits per heavy atom. The Morgan fingerprint density at radius 1 is 1.25 bits per heavy atom. The van der Waals surface area contributed by atoms with E-state index in [1.807, 2.05) is 0 Å². The Bertz CT molecular complexity index is 440. The summed E-state index contributed by atoms with van der Waals surface area (Å²) < 4.78 is 0. The van der Waals surface area contributed by atoms with Crippen LogP contribution in [0.15, 0.2) is 6.33 Å². The fourth-order valence-corrected chi connectivity index (χ4v) is 3.55. The molecule has 1 aliphatic heterocycles. The zero-order valence-corrected chi connectivity index (χ0v) is 12.6. The fraction of sp³-hybridized carbons (Fsp3) is 0.750. The van der Waals surface area contributed by atoms with Gasteiger partial charge in [0.1, 0.15) is 12.1 Å². The van der Waals surface area contributed by atoms with E-state index in [2.05, 4.69) is 27.1 Å². The number of rotatable bonds is 4. The minimum atomic E-state index is 0.602. The summed E-state index contributed by atoms with van der Waals surface area (Å²) in [5.74, 6) is 1.23. The summed E-state index contributed by atoms with van der Waals surface area (Å²) in [4.78, 5) is 11.7. The molecule has 3 rings (SSSR count). The highest BCUT2D eigenvalue weighted by Crippen LogP contribution is 2.29. The van der Waals surface area contributed by atoms with Crippen molar-refractivity contribution >= 4 is 5.82 Å². The molecule has 1 aromatic rings. The van der Waals surface area contributed by atoms with E-state index in [-0.39, 0.29) is 0 Å². The molecule has 0 amide bonds. The topological polar surface area (TPSA) is 41.1 Å². The van der Waals surface area contributed by atoms with Crippen LogP contribution < -0.4 is 10.2 Å². The largest absolute Gasteiger partial charge is 0.352 e. The highest BCUT2D eigenvalue weighted by molar-refractivity contribution is 5.50. The third kappa shape index (κ3) is 2.80. The Balaban J connectivity index is 1.90. The molecule has 2 heterocycles. The lowest BCUT2D eigenvalue weighted by Crippen LogP contribution is -2.47. The van der Waals surface area contributed by atoms with Gasteiger partial charge in [0.15, 0.2) is 0 Å². The molecule has 1 unspecified atom stereocenters. The van der Waals surface area contributed by atoms with Gasteiger partial charge >= 0.3 is 0 Å². The predicted octanol–water partition coefficient (Wildman–Crippen LogP) is 2.32. The second-order valence-corrected chi connectivity index (χ2v) is 6.02. The van der Waals surface area contributed by atoms with Crippen LogP contribution in [0.3, 0.4) is 0 Å². The van der Waals surface area contributed by atoms with E-state index >= 15 is 0 Å². The molecule has 4 nitrogen and oxygen atoms in total. The van der Waals surface area contributed by atoms with Crippen LogP contribution in [0.2, 0.25) is 0 Å². The van der Waals surface area contributed by atoms with E-state index in [1.165, 1.54) is 55.7 Å². The normalized spacial score (nSPS) is 22.4. The first kappa shape index (κ1) is 13.8. The van der Waals surface area contributed by atoms with E-state index in [4.69, 9.17) is 0 Å². The molecule has 0 spiro atoms. The molecular weight excluding hydrogens is 248 g/mol. The third-order valence-electron chi connectivity index (χ3n) is 4.55. The molecule has 2 aliphatic rings. The van der Waals surface area contributed by atoms with Crippen molar-refractivity contribution in [2.45, 2.75) is 57.9 Å². The monoisotopic (exact) mass is 274 g/mol. The van der Waals surface area contributed by atoms with Gasteiger partial charge in [-0.05, 0) is 51.5 Å². The summed E-state index contributed by atoms with van der Waals surface area (Å²) in [6, 6.07) is 0.602. The summed E-state index contributed by atoms with van der Waals surface area (Å²) in [5, 5.41) is 3.54. The summed E-state index contributed by atoms with van der Waals surface area (Å²) in [5.41, 5.74) is 2.73. The maximum Gasteiger partial charge on any atom is 0.135 e. The van der Waals surface area contributed by atoms with Gasteiger partial charge in [-0.1, -0.05) is 6.92 Å². The molecule has 4 heteroatoms. The zero-order chi connectivity index (χ0) is 13.8. The van der Waals surface area contributed by atoms with Crippen molar-refractivity contribution in [1.82, 2.24) is 15.3 Å². The van der Waals surface area contributed by atoms with E-state index in [1.54, 1.807) is 6.33 Å². The number of hydrogen-bond acceptors (Lipinski definition) is 4. The van der Waals surface area contributed by atoms with Gasteiger partial charge in [-0.25, -0.2) is 9.97 Å². The first-order chi connectivity index (χ1) is 9.90. The van der Waals surface area contributed by atoms with Crippen molar-refractivity contribution in [3.05, 3.63) is 17.6 Å². The average molecular weight is 274 g/mol. The highest BCUT2D eigenvalue weighted by Gasteiger charge is 2.25. The molecule has 20 heavy (non-hydrogen) atoms. The summed E-state index contributed by atoms with van der Waals surface area (Å²) in [6.45, 7) is 5.63. The number of fused-ring (bicyclic) bond motifs is 1. The van der Waals surface area contributed by atoms with E-state index in [0.29, 0.717) is 6.04 Å². The number of aryl methyl sites for hydroxylation is 1. The van der Waals surface area contributed by atoms with E-state index in [0.717, 1.165) is 25.9 Å². The lowest BCUT2D eigenvalue weighted by atomic mass is 9.95. The third-order valence-corrected chi connectivity index (χ3v) is 4.55. The molecule has 0 radical (unpaired) electrons. The van der Waals surface area contributed by atoms with E-state index < -0.39 is 0 Å². The maximum absolute atomic E-state index is 4.67. The lowest BCUT2D eigenvalue weighted by Gasteiger charge is -2.37. The SMILES string of the molecule is CCCN(c1ncnc2c1CCCC2)C1CCCNC1. The van der Waals surface area contributed by atoms with Gasteiger partial charge in [0.2, 0.25) is 0 Å². The average Bonchev–Trinajstić information content (AvgIpc) is 2.53. The first-order valence-corrected chi connectivity index (χ1v) is 8.20. The van der Waals surface area contributed by atoms with Crippen molar-refractivity contribution < 1.29 is 0 Å². The number of piperidine rings is 1. The van der Waals surface area contributed by atoms with Crippen molar-refractivity contribution in [2.75, 3.05) is 24.5 Å². The zero-order valence-electron chi connectivity index (χ0n) is 12.6. The van der Waals surface area contributed by atoms with Crippen LogP contribution in [0.5, 0.6) is 0 Å². The Morgan fingerprint density at radius 2 is 2.15 bits per heavy atom. The number of nitrogens with zero attached hydrogens (tertiary/aromatic N) is 3. The van der Waals surface area contributed by atoms with Crippen LogP contribution in [-0.4, -0.2) is 35.6 Å². The predicted molar refractivity (Wildman–Crippen MR) is 82.2 cm³/mol. The number of nitrogens with one attached hydrogen (secondary N) is 1. The van der Waals surface area contributed by atoms with Gasteiger partial charge in [0.05, 0.1) is 0 Å². The standard InChI is InChI=1S/C16H26N4/c1-2-10-20(13-6-5-9-17-11-13)16-14-7-3-4-8-15(14)18-12-19-16/h12-13,17H,2-11H2,1H3. The second kappa shape index (κ2) is 6.53. The Kier molecular flexibility index (Phi) is 4.51. The van der Waals surface area contributed by atoms with Crippen LogP contribution in [0.1, 0.15) is 50.3 Å². The molecule has 1 aliphatic carbocycles. The Labute approximate surface area is 122 Å². The summed E-state index contributed by atoms with van der Waals surface area (Å²) >= 11 is 0. The quantitative estimate of drug-likeness (QED) is 0.915. The summed E-state index contributed by atoms with van der Waals surface area (Å²) in [7, 11) is 0. The lowest BCUT2D eigenvalue weighted by molar-refractivity contribution is 0.427. The Hall–Kier alpha value is -1.16. The highest BCUT2D eigenvalue weighted by atomic mass is 15.2. The van der Waals surface area contributed by atoms with Gasteiger partial charge in [-0.3, -0.25) is 0 Å². The van der Waals surface area contributed by atoms with Gasteiger partial charge in [0.25, 0.3) is 0 Å². The molecule has 0 saturated carbocycles. The minimum absolute atomic E-state index is 0.602. The number of hydrogen-bond donors (Lipinski definition) is 1. The van der Waals surface area contributed by atoms with Crippen molar-refractivity contribution in [3.8, 4) is 0 Å². The van der Waals surface area contributed by atoms with E-state index in [9.17, 15) is 0 Å². The fourth-order valence-electron chi connectivity index (χ4n) is 3.55. The van der Waals surface area contributed by atoms with Crippen molar-refractivity contribution in [2.24, 2.45) is 0 Å². The minimum Gasteiger partial charge on any atom is -0.352 e. The van der Waals surface area contributed by atoms with Crippen LogP contribution in [0, 0.1) is 0 Å². The molecule has 0 aromatic carbocycles.